The van der Waals surface area contributed by atoms with E-state index in [1.54, 1.807) is 11.7 Å². The Hall–Kier alpha value is -2.98. The molecular formula is C19H25ClN8O2. The number of aromatic nitrogens is 3. The molecule has 2 aromatic rings. The number of hydrogen-bond acceptors (Lipinski definition) is 7. The van der Waals surface area contributed by atoms with E-state index in [4.69, 9.17) is 5.73 Å². The average molecular weight is 433 g/mol. The van der Waals surface area contributed by atoms with E-state index >= 15 is 0 Å². The Morgan fingerprint density at radius 1 is 1.20 bits per heavy atom. The molecule has 0 bridgehead atoms. The fourth-order valence-corrected chi connectivity index (χ4v) is 3.63. The summed E-state index contributed by atoms with van der Waals surface area (Å²) < 4.78 is 1.56. The Bertz CT molecular complexity index is 939. The van der Waals surface area contributed by atoms with Gasteiger partial charge in [-0.1, -0.05) is 18.2 Å². The first kappa shape index (κ1) is 21.7. The van der Waals surface area contributed by atoms with Crippen LogP contribution >= 0.6 is 12.4 Å². The highest BCUT2D eigenvalue weighted by Gasteiger charge is 2.35. The molecule has 1 saturated heterocycles. The van der Waals surface area contributed by atoms with Crippen molar-refractivity contribution < 1.29 is 9.59 Å². The van der Waals surface area contributed by atoms with Crippen LogP contribution in [0.25, 0.3) is 0 Å². The van der Waals surface area contributed by atoms with Gasteiger partial charge in [-0.15, -0.1) is 12.4 Å². The molecule has 3 heterocycles. The number of carbonyl (C=O) groups excluding carboxylic acids is 2. The number of halogens is 1. The number of nitrogens with one attached hydrogen (secondary N) is 2. The van der Waals surface area contributed by atoms with Gasteiger partial charge in [0.05, 0.1) is 5.69 Å². The van der Waals surface area contributed by atoms with E-state index in [2.05, 4.69) is 25.8 Å². The molecule has 1 aromatic heterocycles. The smallest absolute Gasteiger partial charge is 0.274 e. The maximum absolute atomic E-state index is 12.8. The number of nitrogens with zero attached hydrogens (tertiary/aromatic N) is 5. The molecule has 30 heavy (non-hydrogen) atoms. The number of para-hydroxylation sites is 1. The molecule has 2 aliphatic rings. The predicted octanol–water partition coefficient (Wildman–Crippen LogP) is 0.763. The van der Waals surface area contributed by atoms with Gasteiger partial charge < -0.3 is 11.1 Å². The Morgan fingerprint density at radius 3 is 2.57 bits per heavy atom. The lowest BCUT2D eigenvalue weighted by atomic mass is 9.98. The van der Waals surface area contributed by atoms with Gasteiger partial charge in [0.1, 0.15) is 11.8 Å². The van der Waals surface area contributed by atoms with E-state index in [0.29, 0.717) is 11.6 Å². The zero-order valence-corrected chi connectivity index (χ0v) is 17.4. The maximum atomic E-state index is 12.8. The van der Waals surface area contributed by atoms with Crippen molar-refractivity contribution >= 4 is 41.6 Å². The van der Waals surface area contributed by atoms with E-state index in [1.165, 1.54) is 5.01 Å². The predicted molar refractivity (Wildman–Crippen MR) is 116 cm³/mol. The van der Waals surface area contributed by atoms with E-state index in [1.807, 2.05) is 30.3 Å². The summed E-state index contributed by atoms with van der Waals surface area (Å²) in [6.45, 7) is 1.87. The van der Waals surface area contributed by atoms with E-state index in [9.17, 15) is 9.59 Å². The Morgan fingerprint density at radius 2 is 1.90 bits per heavy atom. The fraction of sp³-hybridized carbons (Fsp3) is 0.421. The first-order chi connectivity index (χ1) is 14.0. The van der Waals surface area contributed by atoms with Crippen LogP contribution in [-0.4, -0.2) is 51.4 Å². The molecule has 1 aromatic carbocycles. The molecule has 4 rings (SSSR count). The maximum Gasteiger partial charge on any atom is 0.274 e. The lowest BCUT2D eigenvalue weighted by molar-refractivity contribution is -0.119. The Balaban J connectivity index is 0.00000256. The molecule has 10 nitrogen and oxygen atoms in total. The molecule has 0 aliphatic carbocycles. The van der Waals surface area contributed by atoms with Crippen LogP contribution in [0.4, 0.5) is 11.6 Å². The van der Waals surface area contributed by atoms with Gasteiger partial charge in [-0.2, -0.15) is 15.2 Å². The number of hydrazone groups is 1. The molecule has 1 atom stereocenters. The van der Waals surface area contributed by atoms with Crippen molar-refractivity contribution in [2.75, 3.05) is 23.4 Å². The number of hydrogen-bond donors (Lipinski definition) is 3. The number of benzene rings is 1. The second-order valence-corrected chi connectivity index (χ2v) is 7.24. The van der Waals surface area contributed by atoms with Crippen LogP contribution in [0.1, 0.15) is 31.0 Å². The third-order valence-electron chi connectivity index (χ3n) is 5.23. The van der Waals surface area contributed by atoms with Gasteiger partial charge in [0.15, 0.2) is 5.82 Å². The highest BCUT2D eigenvalue weighted by molar-refractivity contribution is 6.44. The summed E-state index contributed by atoms with van der Waals surface area (Å²) in [5.74, 6) is 0.428. The summed E-state index contributed by atoms with van der Waals surface area (Å²) in [6.07, 6.45) is 2.07. The molecular weight excluding hydrogens is 408 g/mol. The number of rotatable bonds is 5. The van der Waals surface area contributed by atoms with Crippen molar-refractivity contribution in [2.45, 2.75) is 31.2 Å². The van der Waals surface area contributed by atoms with E-state index in [-0.39, 0.29) is 30.5 Å². The summed E-state index contributed by atoms with van der Waals surface area (Å²) in [5.41, 5.74) is 6.46. The molecule has 2 amide bonds. The average Bonchev–Trinajstić information content (AvgIpc) is 3.34. The Kier molecular flexibility index (Phi) is 6.68. The summed E-state index contributed by atoms with van der Waals surface area (Å²) in [6, 6.07) is 8.46. The van der Waals surface area contributed by atoms with Gasteiger partial charge in [-0.05, 0) is 38.1 Å². The summed E-state index contributed by atoms with van der Waals surface area (Å²) >= 11 is 0. The van der Waals surface area contributed by atoms with Crippen LogP contribution < -0.4 is 21.4 Å². The molecule has 1 fully saturated rings. The van der Waals surface area contributed by atoms with Crippen LogP contribution in [0.2, 0.25) is 0 Å². The van der Waals surface area contributed by atoms with Crippen LogP contribution in [0.5, 0.6) is 0 Å². The minimum absolute atomic E-state index is 0. The number of nitrogens with two attached hydrogens (primary N) is 1. The third kappa shape index (κ3) is 4.44. The fourth-order valence-electron chi connectivity index (χ4n) is 3.63. The topological polar surface area (TPSA) is 131 Å². The number of amides is 2. The summed E-state index contributed by atoms with van der Waals surface area (Å²) in [4.78, 5) is 29.2. The van der Waals surface area contributed by atoms with Crippen molar-refractivity contribution in [3.8, 4) is 0 Å². The van der Waals surface area contributed by atoms with Gasteiger partial charge in [-0.25, -0.2) is 4.68 Å². The number of anilines is 2. The number of carbonyl (C=O) groups is 2. The number of aryl methyl sites for hydroxylation is 1. The highest BCUT2D eigenvalue weighted by atomic mass is 35.5. The van der Waals surface area contributed by atoms with Crippen molar-refractivity contribution in [2.24, 2.45) is 17.9 Å². The van der Waals surface area contributed by atoms with Crippen LogP contribution in [0, 0.1) is 0 Å². The quantitative estimate of drug-likeness (QED) is 0.639. The van der Waals surface area contributed by atoms with E-state index < -0.39 is 17.9 Å². The van der Waals surface area contributed by atoms with Crippen molar-refractivity contribution in [1.82, 2.24) is 20.1 Å². The zero-order chi connectivity index (χ0) is 20.4. The standard InChI is InChI=1S/C19H24N8O2.ClH/c1-26-19(22-17(25-26)12-7-9-21-10-8-12)23-18(29)14-11-15(16(20)28)27(24-14)13-5-3-2-4-6-13;/h2-6,12,15,21H,7-11H2,1H3,(H2,20,28)(H,22,23,25,29);1H. The van der Waals surface area contributed by atoms with Gasteiger partial charge in [0.2, 0.25) is 11.9 Å². The normalized spacial score (nSPS) is 19.2. The zero-order valence-electron chi connectivity index (χ0n) is 16.6. The van der Waals surface area contributed by atoms with Gasteiger partial charge >= 0.3 is 0 Å². The molecule has 2 aliphatic heterocycles. The molecule has 4 N–H and O–H groups in total. The first-order valence-electron chi connectivity index (χ1n) is 9.67. The summed E-state index contributed by atoms with van der Waals surface area (Å²) in [7, 11) is 1.74. The minimum atomic E-state index is -0.706. The van der Waals surface area contributed by atoms with E-state index in [0.717, 1.165) is 31.8 Å². The van der Waals surface area contributed by atoms with Gasteiger partial charge in [-0.3, -0.25) is 19.9 Å². The third-order valence-corrected chi connectivity index (χ3v) is 5.23. The van der Waals surface area contributed by atoms with Crippen LogP contribution in [0.3, 0.4) is 0 Å². The molecule has 11 heteroatoms. The Labute approximate surface area is 180 Å². The lowest BCUT2D eigenvalue weighted by Gasteiger charge is -2.20. The molecule has 1 unspecified atom stereocenters. The van der Waals surface area contributed by atoms with Crippen LogP contribution in [-0.2, 0) is 16.6 Å². The van der Waals surface area contributed by atoms with Crippen molar-refractivity contribution in [1.29, 1.82) is 0 Å². The number of piperidine rings is 1. The summed E-state index contributed by atoms with van der Waals surface area (Å²) in [5, 5.41) is 16.4. The molecule has 0 radical (unpaired) electrons. The van der Waals surface area contributed by atoms with Gasteiger partial charge in [0.25, 0.3) is 5.91 Å². The highest BCUT2D eigenvalue weighted by Crippen LogP contribution is 2.26. The first-order valence-corrected chi connectivity index (χ1v) is 9.67. The SMILES string of the molecule is Cl.Cn1nc(C2CCNCC2)nc1NC(=O)C1=NN(c2ccccc2)C(C(N)=O)C1. The van der Waals surface area contributed by atoms with Crippen LogP contribution in [0.15, 0.2) is 35.4 Å². The van der Waals surface area contributed by atoms with Crippen molar-refractivity contribution in [3.05, 3.63) is 36.2 Å². The number of primary amides is 1. The minimum Gasteiger partial charge on any atom is -0.368 e. The monoisotopic (exact) mass is 432 g/mol. The molecule has 160 valence electrons. The van der Waals surface area contributed by atoms with Gasteiger partial charge in [0, 0.05) is 19.4 Å². The molecule has 0 spiro atoms. The second-order valence-electron chi connectivity index (χ2n) is 7.24. The lowest BCUT2D eigenvalue weighted by Crippen LogP contribution is -2.39. The molecule has 0 saturated carbocycles. The largest absolute Gasteiger partial charge is 0.368 e. The van der Waals surface area contributed by atoms with Crippen molar-refractivity contribution in [3.63, 3.8) is 0 Å². The second kappa shape index (κ2) is 9.23.